The molecule has 0 aromatic rings. The smallest absolute Gasteiger partial charge is 0.475 e. The van der Waals surface area contributed by atoms with Crippen molar-refractivity contribution in [3.63, 3.8) is 0 Å². The molecule has 0 rings (SSSR count). The Balaban J connectivity index is 4.34. The minimum absolute atomic E-state index is 0.388. The fourth-order valence-electron chi connectivity index (χ4n) is 0.411. The van der Waals surface area contributed by atoms with Crippen LogP contribution >= 0.6 is 23.8 Å². The van der Waals surface area contributed by atoms with Gasteiger partial charge in [0.15, 0.2) is 0 Å². The number of rotatable bonds is 4. The molecule has 2 unspecified atom stereocenters. The Morgan fingerprint density at radius 1 is 1.92 bits per heavy atom. The minimum atomic E-state index is -3.31. The molecule has 0 saturated heterocycles. The Morgan fingerprint density at radius 3 is 2.69 bits per heavy atom. The van der Waals surface area contributed by atoms with Gasteiger partial charge in [0.2, 0.25) is 0 Å². The number of thiocarbonyl (C=S) groups is 1. The van der Waals surface area contributed by atoms with Gasteiger partial charge in [-0.2, -0.15) is 0 Å². The van der Waals surface area contributed by atoms with Crippen LogP contribution in [0.3, 0.4) is 0 Å². The normalized spacial score (nSPS) is 17.2. The van der Waals surface area contributed by atoms with Crippen LogP contribution in [-0.2, 0) is 4.74 Å². The zero-order chi connectivity index (χ0) is 10.6. The van der Waals surface area contributed by atoms with E-state index in [1.807, 2.05) is 0 Å². The summed E-state index contributed by atoms with van der Waals surface area (Å²) in [6.45, 7) is 3.38. The average molecular weight is 230 g/mol. The molecule has 76 valence electrons. The van der Waals surface area contributed by atoms with Gasteiger partial charge in [-0.05, 0) is 25.6 Å². The van der Waals surface area contributed by atoms with Crippen LogP contribution in [0.1, 0.15) is 20.3 Å². The van der Waals surface area contributed by atoms with Gasteiger partial charge in [0.25, 0.3) is 5.05 Å². The second kappa shape index (κ2) is 4.66. The zero-order valence-corrected chi connectivity index (χ0v) is 8.69. The number of nitrogens with zero attached hydrogens (tertiary/aromatic N) is 1. The Labute approximate surface area is 85.2 Å². The van der Waals surface area contributed by atoms with Crippen molar-refractivity contribution < 1.29 is 14.1 Å². The first-order chi connectivity index (χ1) is 5.82. The minimum Gasteiger partial charge on any atom is -0.475 e. The highest BCUT2D eigenvalue weighted by Crippen LogP contribution is 2.22. The summed E-state index contributed by atoms with van der Waals surface area (Å²) in [5, 5.41) is 5.90. The van der Waals surface area contributed by atoms with E-state index in [4.69, 9.17) is 16.3 Å². The Bertz CT molecular complexity index is 224. The number of ether oxygens (including phenoxy) is 1. The zero-order valence-electron chi connectivity index (χ0n) is 7.12. The van der Waals surface area contributed by atoms with Crippen molar-refractivity contribution in [1.29, 1.82) is 0 Å². The molecular weight excluding hydrogens is 221 g/mol. The first kappa shape index (κ1) is 12.5. The maximum absolute atomic E-state index is 12.9. The van der Waals surface area contributed by atoms with Crippen molar-refractivity contribution in [2.45, 2.75) is 31.6 Å². The molecule has 13 heavy (non-hydrogen) atoms. The lowest BCUT2D eigenvalue weighted by molar-refractivity contribution is -0.553. The fourth-order valence-corrected chi connectivity index (χ4v) is 0.695. The number of halogens is 2. The summed E-state index contributed by atoms with van der Waals surface area (Å²) in [5.41, 5.74) is 0. The van der Waals surface area contributed by atoms with Crippen LogP contribution in [0.15, 0.2) is 0 Å². The summed E-state index contributed by atoms with van der Waals surface area (Å²) >= 11 is 9.23. The van der Waals surface area contributed by atoms with Crippen LogP contribution in [0.2, 0.25) is 0 Å². The maximum Gasteiger partial charge on any atom is 0.507 e. The van der Waals surface area contributed by atoms with Gasteiger partial charge in [-0.1, -0.05) is 6.92 Å². The molecule has 0 aromatic carbocycles. The third kappa shape index (κ3) is 3.40. The van der Waals surface area contributed by atoms with E-state index in [2.05, 4.69) is 12.2 Å². The van der Waals surface area contributed by atoms with Crippen LogP contribution in [0.4, 0.5) is 4.39 Å². The van der Waals surface area contributed by atoms with E-state index in [1.165, 1.54) is 0 Å². The molecule has 0 saturated carbocycles. The first-order valence-corrected chi connectivity index (χ1v) is 4.34. The second-order valence-corrected chi connectivity index (χ2v) is 3.29. The number of alkyl halides is 2. The topological polar surface area (TPSA) is 52.4 Å². The lowest BCUT2D eigenvalue weighted by Crippen LogP contribution is -2.37. The highest BCUT2D eigenvalue weighted by molar-refractivity contribution is 7.80. The molecule has 0 bridgehead atoms. The van der Waals surface area contributed by atoms with Gasteiger partial charge < -0.3 is 4.74 Å². The molecule has 0 heterocycles. The number of nitro groups is 1. The molecule has 2 atom stereocenters. The molecule has 0 fully saturated rings. The number of hydrogen-bond acceptors (Lipinski definition) is 4. The summed E-state index contributed by atoms with van der Waals surface area (Å²) in [6, 6.07) is 0. The molecule has 7 heteroatoms. The Kier molecular flexibility index (Phi) is 4.49. The van der Waals surface area contributed by atoms with Crippen molar-refractivity contribution >= 4 is 28.9 Å². The van der Waals surface area contributed by atoms with Gasteiger partial charge in [-0.15, -0.1) is 4.39 Å². The first-order valence-electron chi connectivity index (χ1n) is 3.55. The van der Waals surface area contributed by atoms with Crippen LogP contribution in [-0.4, -0.2) is 21.3 Å². The molecule has 0 aliphatic heterocycles. The summed E-state index contributed by atoms with van der Waals surface area (Å²) in [5.74, 6) is 0. The van der Waals surface area contributed by atoms with Gasteiger partial charge in [0.1, 0.15) is 0 Å². The summed E-state index contributed by atoms with van der Waals surface area (Å²) < 4.78 is 17.6. The predicted octanol–water partition coefficient (Wildman–Crippen LogP) is 2.27. The van der Waals surface area contributed by atoms with E-state index in [-0.39, 0.29) is 6.10 Å². The van der Waals surface area contributed by atoms with E-state index >= 15 is 0 Å². The van der Waals surface area contributed by atoms with Gasteiger partial charge in [0.05, 0.1) is 11.0 Å². The third-order valence-electron chi connectivity index (χ3n) is 1.36. The molecule has 0 radical (unpaired) electrons. The Morgan fingerprint density at radius 2 is 2.38 bits per heavy atom. The summed E-state index contributed by atoms with van der Waals surface area (Å²) in [4.78, 5) is 8.73. The predicted molar refractivity (Wildman–Crippen MR) is 50.1 cm³/mol. The van der Waals surface area contributed by atoms with Gasteiger partial charge in [0, 0.05) is 11.6 Å². The lowest BCUT2D eigenvalue weighted by Gasteiger charge is -2.15. The largest absolute Gasteiger partial charge is 0.507 e. The van der Waals surface area contributed by atoms with Gasteiger partial charge in [-0.3, -0.25) is 10.1 Å². The van der Waals surface area contributed by atoms with Crippen LogP contribution in [0.5, 0.6) is 0 Å². The average Bonchev–Trinajstić information content (AvgIpc) is 2.03. The molecular formula is C6H9ClFNO3S. The van der Waals surface area contributed by atoms with Crippen molar-refractivity contribution in [3.8, 4) is 0 Å². The molecule has 0 aromatic heterocycles. The molecule has 0 amide bonds. The standard InChI is InChI=1S/C6H9ClFNO3S/c1-3-4(2)12-5(13)6(7,8)9(10)11/h4H,3H2,1-2H3. The van der Waals surface area contributed by atoms with E-state index in [1.54, 1.807) is 13.8 Å². The van der Waals surface area contributed by atoms with Crippen LogP contribution in [0, 0.1) is 10.1 Å². The monoisotopic (exact) mass is 229 g/mol. The van der Waals surface area contributed by atoms with Crippen molar-refractivity contribution in [3.05, 3.63) is 10.1 Å². The van der Waals surface area contributed by atoms with Crippen molar-refractivity contribution in [2.75, 3.05) is 0 Å². The molecule has 0 N–H and O–H groups in total. The summed E-state index contributed by atoms with van der Waals surface area (Å²) in [7, 11) is 0. The summed E-state index contributed by atoms with van der Waals surface area (Å²) in [6.07, 6.45) is 0.173. The van der Waals surface area contributed by atoms with Crippen molar-refractivity contribution in [1.82, 2.24) is 0 Å². The van der Waals surface area contributed by atoms with E-state index in [0.29, 0.717) is 6.42 Å². The van der Waals surface area contributed by atoms with Gasteiger partial charge >= 0.3 is 5.25 Å². The highest BCUT2D eigenvalue weighted by atomic mass is 35.5. The van der Waals surface area contributed by atoms with Crippen LogP contribution < -0.4 is 0 Å². The second-order valence-electron chi connectivity index (χ2n) is 2.42. The fraction of sp³-hybridized carbons (Fsp3) is 0.833. The quantitative estimate of drug-likeness (QED) is 0.244. The molecule has 0 aliphatic rings. The van der Waals surface area contributed by atoms with Gasteiger partial charge in [-0.25, -0.2) is 0 Å². The van der Waals surface area contributed by atoms with Crippen LogP contribution in [0.25, 0.3) is 0 Å². The van der Waals surface area contributed by atoms with E-state index in [9.17, 15) is 14.5 Å². The third-order valence-corrected chi connectivity index (χ3v) is 2.15. The molecule has 0 aliphatic carbocycles. The lowest BCUT2D eigenvalue weighted by atomic mass is 10.3. The highest BCUT2D eigenvalue weighted by Gasteiger charge is 2.48. The van der Waals surface area contributed by atoms with Crippen molar-refractivity contribution in [2.24, 2.45) is 0 Å². The molecule has 0 spiro atoms. The number of hydrogen-bond donors (Lipinski definition) is 0. The SMILES string of the molecule is CCC(C)OC(=S)C(F)(Cl)[N+](=O)[O-]. The van der Waals surface area contributed by atoms with E-state index in [0.717, 1.165) is 0 Å². The maximum atomic E-state index is 12.9. The molecule has 4 nitrogen and oxygen atoms in total. The Hall–Kier alpha value is -0.490. The van der Waals surface area contributed by atoms with E-state index < -0.39 is 15.2 Å².